The first-order chi connectivity index (χ1) is 11.2. The van der Waals surface area contributed by atoms with E-state index in [0.29, 0.717) is 12.2 Å². The highest BCUT2D eigenvalue weighted by Gasteiger charge is 2.22. The van der Waals surface area contributed by atoms with Gasteiger partial charge in [-0.3, -0.25) is 9.36 Å². The van der Waals surface area contributed by atoms with E-state index >= 15 is 0 Å². The Hall–Kier alpha value is -2.89. The Morgan fingerprint density at radius 1 is 1.04 bits per heavy atom. The summed E-state index contributed by atoms with van der Waals surface area (Å²) in [6.07, 6.45) is 3.13. The van der Waals surface area contributed by atoms with Crippen LogP contribution in [0.1, 0.15) is 12.8 Å². The third kappa shape index (κ3) is 2.06. The minimum Gasteiger partial charge on any atom is -0.311 e. The van der Waals surface area contributed by atoms with Gasteiger partial charge >= 0.3 is 5.69 Å². The van der Waals surface area contributed by atoms with Gasteiger partial charge in [-0.1, -0.05) is 12.1 Å². The predicted molar refractivity (Wildman–Crippen MR) is 87.9 cm³/mol. The number of benzene rings is 1. The largest absolute Gasteiger partial charge is 0.334 e. The second-order valence-electron chi connectivity index (χ2n) is 5.69. The number of hydrogen-bond donors (Lipinski definition) is 0. The van der Waals surface area contributed by atoms with Crippen LogP contribution in [0.5, 0.6) is 0 Å². The summed E-state index contributed by atoms with van der Waals surface area (Å²) in [5, 5.41) is 0. The van der Waals surface area contributed by atoms with Crippen LogP contribution in [-0.4, -0.2) is 26.6 Å². The summed E-state index contributed by atoms with van der Waals surface area (Å²) >= 11 is 0. The molecule has 0 spiro atoms. The summed E-state index contributed by atoms with van der Waals surface area (Å²) in [6.45, 7) is 0.730. The summed E-state index contributed by atoms with van der Waals surface area (Å²) in [5.74, 6) is 0.684. The van der Waals surface area contributed by atoms with Gasteiger partial charge in [0.05, 0.1) is 22.9 Å². The van der Waals surface area contributed by atoms with Crippen LogP contribution in [-0.2, 0) is 11.8 Å². The lowest BCUT2D eigenvalue weighted by Crippen LogP contribution is -2.24. The molecule has 3 heterocycles. The number of pyridine rings is 1. The Bertz CT molecular complexity index is 953. The number of hydrogen-bond acceptors (Lipinski definition) is 3. The molecular weight excluding hydrogens is 292 g/mol. The third-order valence-electron chi connectivity index (χ3n) is 4.31. The maximum Gasteiger partial charge on any atom is 0.334 e. The van der Waals surface area contributed by atoms with Crippen molar-refractivity contribution in [1.29, 1.82) is 0 Å². The van der Waals surface area contributed by atoms with Crippen LogP contribution in [0.2, 0.25) is 0 Å². The number of imidazole rings is 1. The van der Waals surface area contributed by atoms with Crippen LogP contribution < -0.4 is 10.6 Å². The van der Waals surface area contributed by atoms with Crippen LogP contribution in [0.25, 0.3) is 16.9 Å². The second kappa shape index (κ2) is 5.08. The average Bonchev–Trinajstić information content (AvgIpc) is 3.11. The molecule has 1 fully saturated rings. The Morgan fingerprint density at radius 2 is 1.83 bits per heavy atom. The van der Waals surface area contributed by atoms with E-state index < -0.39 is 0 Å². The van der Waals surface area contributed by atoms with E-state index in [1.165, 1.54) is 0 Å². The summed E-state index contributed by atoms with van der Waals surface area (Å²) < 4.78 is 3.19. The Kier molecular flexibility index (Phi) is 3.04. The van der Waals surface area contributed by atoms with Crippen LogP contribution in [0.15, 0.2) is 47.4 Å². The van der Waals surface area contributed by atoms with E-state index in [9.17, 15) is 9.59 Å². The summed E-state index contributed by atoms with van der Waals surface area (Å²) in [6, 6.07) is 11.2. The first kappa shape index (κ1) is 13.8. The minimum absolute atomic E-state index is 0.127. The maximum atomic E-state index is 12.5. The molecule has 6 heteroatoms. The average molecular weight is 308 g/mol. The van der Waals surface area contributed by atoms with Crippen molar-refractivity contribution in [3.8, 4) is 5.82 Å². The number of aryl methyl sites for hydroxylation is 1. The number of fused-ring (bicyclic) bond motifs is 1. The molecule has 0 radical (unpaired) electrons. The fourth-order valence-electron chi connectivity index (χ4n) is 3.11. The number of rotatable bonds is 2. The van der Waals surface area contributed by atoms with Gasteiger partial charge in [0.1, 0.15) is 5.82 Å². The zero-order valence-corrected chi connectivity index (χ0v) is 12.8. The molecule has 1 aliphatic heterocycles. The molecule has 1 aromatic carbocycles. The Morgan fingerprint density at radius 3 is 2.48 bits per heavy atom. The van der Waals surface area contributed by atoms with Gasteiger partial charge in [-0.05, 0) is 30.7 Å². The molecule has 1 aliphatic rings. The van der Waals surface area contributed by atoms with Gasteiger partial charge in [0.15, 0.2) is 0 Å². The zero-order valence-electron chi connectivity index (χ0n) is 12.8. The standard InChI is InChI=1S/C17H16N4O2/c1-19-13-5-2-3-6-14(13)21(17(19)23)15-9-8-12(11-18-15)20-10-4-7-16(20)22/h2-3,5-6,8-9,11H,4,7,10H2,1H3. The van der Waals surface area contributed by atoms with Crippen LogP contribution in [0.3, 0.4) is 0 Å². The molecule has 1 amide bonds. The lowest BCUT2D eigenvalue weighted by atomic mass is 10.3. The number of amides is 1. The number of aromatic nitrogens is 3. The molecule has 0 atom stereocenters. The molecule has 0 saturated carbocycles. The van der Waals surface area contributed by atoms with Crippen LogP contribution in [0, 0.1) is 0 Å². The quantitative estimate of drug-likeness (QED) is 0.726. The first-order valence-electron chi connectivity index (χ1n) is 7.60. The Labute approximate surface area is 132 Å². The van der Waals surface area contributed by atoms with Crippen molar-refractivity contribution in [3.05, 3.63) is 53.1 Å². The zero-order chi connectivity index (χ0) is 16.0. The van der Waals surface area contributed by atoms with Crippen molar-refractivity contribution in [2.45, 2.75) is 12.8 Å². The van der Waals surface area contributed by atoms with Crippen molar-refractivity contribution >= 4 is 22.6 Å². The van der Waals surface area contributed by atoms with E-state index in [-0.39, 0.29) is 11.6 Å². The van der Waals surface area contributed by atoms with Crippen molar-refractivity contribution in [1.82, 2.24) is 14.1 Å². The van der Waals surface area contributed by atoms with Gasteiger partial charge < -0.3 is 4.90 Å². The van der Waals surface area contributed by atoms with E-state index in [0.717, 1.165) is 29.7 Å². The molecule has 0 N–H and O–H groups in total. The molecule has 3 aromatic rings. The molecule has 0 aliphatic carbocycles. The number of para-hydroxylation sites is 2. The third-order valence-corrected chi connectivity index (χ3v) is 4.31. The molecule has 116 valence electrons. The number of carbonyl (C=O) groups is 1. The molecular formula is C17H16N4O2. The molecule has 23 heavy (non-hydrogen) atoms. The maximum absolute atomic E-state index is 12.5. The molecule has 2 aromatic heterocycles. The molecule has 0 unspecified atom stereocenters. The fraction of sp³-hybridized carbons (Fsp3) is 0.235. The van der Waals surface area contributed by atoms with Gasteiger partial charge in [-0.2, -0.15) is 0 Å². The van der Waals surface area contributed by atoms with Crippen LogP contribution >= 0.6 is 0 Å². The van der Waals surface area contributed by atoms with Crippen molar-refractivity contribution in [3.63, 3.8) is 0 Å². The normalized spacial score (nSPS) is 14.8. The van der Waals surface area contributed by atoms with E-state index in [1.807, 2.05) is 30.3 Å². The number of carbonyl (C=O) groups excluding carboxylic acids is 1. The predicted octanol–water partition coefficient (Wildman–Crippen LogP) is 1.85. The Balaban J connectivity index is 1.81. The highest BCUT2D eigenvalue weighted by Crippen LogP contribution is 2.22. The number of anilines is 1. The lowest BCUT2D eigenvalue weighted by Gasteiger charge is -2.15. The smallest absolute Gasteiger partial charge is 0.311 e. The lowest BCUT2D eigenvalue weighted by molar-refractivity contribution is -0.117. The fourth-order valence-corrected chi connectivity index (χ4v) is 3.11. The summed E-state index contributed by atoms with van der Waals surface area (Å²) in [4.78, 5) is 30.5. The monoisotopic (exact) mass is 308 g/mol. The van der Waals surface area contributed by atoms with Crippen molar-refractivity contribution < 1.29 is 4.79 Å². The SMILES string of the molecule is Cn1c(=O)n(-c2ccc(N3CCCC3=O)cn2)c2ccccc21. The highest BCUT2D eigenvalue weighted by molar-refractivity contribution is 5.95. The van der Waals surface area contributed by atoms with Crippen LogP contribution in [0.4, 0.5) is 5.69 Å². The first-order valence-corrected chi connectivity index (χ1v) is 7.60. The second-order valence-corrected chi connectivity index (χ2v) is 5.69. The van der Waals surface area contributed by atoms with Gasteiger partial charge in [0.25, 0.3) is 0 Å². The van der Waals surface area contributed by atoms with Gasteiger partial charge in [-0.15, -0.1) is 0 Å². The van der Waals surface area contributed by atoms with E-state index in [4.69, 9.17) is 0 Å². The van der Waals surface area contributed by atoms with Crippen molar-refractivity contribution in [2.75, 3.05) is 11.4 Å². The van der Waals surface area contributed by atoms with Gasteiger partial charge in [0, 0.05) is 20.0 Å². The summed E-state index contributed by atoms with van der Waals surface area (Å²) in [7, 11) is 1.75. The van der Waals surface area contributed by atoms with Gasteiger partial charge in [-0.25, -0.2) is 14.3 Å². The van der Waals surface area contributed by atoms with Crippen molar-refractivity contribution in [2.24, 2.45) is 7.05 Å². The minimum atomic E-state index is -0.135. The summed E-state index contributed by atoms with van der Waals surface area (Å²) in [5.41, 5.74) is 2.32. The topological polar surface area (TPSA) is 60.1 Å². The van der Waals surface area contributed by atoms with E-state index in [2.05, 4.69) is 4.98 Å². The van der Waals surface area contributed by atoms with Gasteiger partial charge in [0.2, 0.25) is 5.91 Å². The van der Waals surface area contributed by atoms with E-state index in [1.54, 1.807) is 33.3 Å². The molecule has 0 bridgehead atoms. The molecule has 4 rings (SSSR count). The highest BCUT2D eigenvalue weighted by atomic mass is 16.2. The molecule has 6 nitrogen and oxygen atoms in total. The molecule has 1 saturated heterocycles. The number of nitrogens with zero attached hydrogens (tertiary/aromatic N) is 4.